The molecule has 3 aromatic rings. The summed E-state index contributed by atoms with van der Waals surface area (Å²) in [6, 6.07) is 4.06. The first kappa shape index (κ1) is 34.9. The van der Waals surface area contributed by atoms with Crippen LogP contribution in [0.3, 0.4) is 0 Å². The average molecular weight is 613 g/mol. The Balaban J connectivity index is 0.000000858. The van der Waals surface area contributed by atoms with Gasteiger partial charge < -0.3 is 19.7 Å². The molecule has 1 aromatic carbocycles. The summed E-state index contributed by atoms with van der Waals surface area (Å²) in [4.78, 5) is 20.6. The van der Waals surface area contributed by atoms with Crippen LogP contribution in [0.4, 0.5) is 27.6 Å². The Kier molecular flexibility index (Phi) is 11.6. The second kappa shape index (κ2) is 13.3. The van der Waals surface area contributed by atoms with Crippen molar-refractivity contribution in [1.29, 1.82) is 0 Å². The summed E-state index contributed by atoms with van der Waals surface area (Å²) >= 11 is 1.17. The zero-order valence-electron chi connectivity index (χ0n) is 23.1. The van der Waals surface area contributed by atoms with E-state index in [2.05, 4.69) is 9.97 Å². The quantitative estimate of drug-likeness (QED) is 0.190. The van der Waals surface area contributed by atoms with Gasteiger partial charge in [0.05, 0.1) is 36.9 Å². The van der Waals surface area contributed by atoms with Crippen LogP contribution in [0.25, 0.3) is 11.0 Å². The van der Waals surface area contributed by atoms with Crippen LogP contribution in [0.2, 0.25) is 0 Å². The van der Waals surface area contributed by atoms with Gasteiger partial charge in [0, 0.05) is 18.0 Å². The molecule has 214 valence electrons. The van der Waals surface area contributed by atoms with Crippen LogP contribution in [0.1, 0.15) is 51.8 Å². The number of halogens is 5. The molecule has 0 unspecified atom stereocenters. The maximum atomic E-state index is 13.9. The number of anilines is 1. The third-order valence-electron chi connectivity index (χ3n) is 5.56. The number of carboxylic acid groups (broad SMARTS) is 1. The van der Waals surface area contributed by atoms with Gasteiger partial charge >= 0.3 is 69.2 Å². The van der Waals surface area contributed by atoms with E-state index >= 15 is 0 Å². The maximum absolute atomic E-state index is 13.9. The number of aromatic nitrogens is 3. The Labute approximate surface area is 276 Å². The average Bonchev–Trinajstić information content (AvgIpc) is 3.26. The van der Waals surface area contributed by atoms with Crippen molar-refractivity contribution >= 4 is 34.5 Å². The number of fused-ring (bicyclic) bond motifs is 1. The molecule has 7 nitrogen and oxygen atoms in total. The first-order chi connectivity index (χ1) is 17.9. The van der Waals surface area contributed by atoms with Gasteiger partial charge in [-0.25, -0.2) is 14.4 Å². The molecule has 3 heterocycles. The topological polar surface area (TPSA) is 94.3 Å². The van der Waals surface area contributed by atoms with E-state index in [1.165, 1.54) is 42.4 Å². The summed E-state index contributed by atoms with van der Waals surface area (Å²) in [6.07, 6.45) is 2.60. The molecule has 0 saturated carbocycles. The second-order valence-corrected chi connectivity index (χ2v) is 11.5. The minimum atomic E-state index is -4.15. The fourth-order valence-electron chi connectivity index (χ4n) is 3.83. The fourth-order valence-corrected chi connectivity index (χ4v) is 4.59. The van der Waals surface area contributed by atoms with Crippen molar-refractivity contribution in [3.8, 4) is 0 Å². The summed E-state index contributed by atoms with van der Waals surface area (Å²) in [7, 11) is 0. The van der Waals surface area contributed by atoms with Crippen molar-refractivity contribution < 1.29 is 88.3 Å². The van der Waals surface area contributed by atoms with Crippen LogP contribution in [-0.4, -0.2) is 56.1 Å². The second-order valence-electron chi connectivity index (χ2n) is 10.6. The minimum Gasteiger partial charge on any atom is -0.850 e. The number of benzene rings is 1. The van der Waals surface area contributed by atoms with Crippen molar-refractivity contribution in [1.82, 2.24) is 14.5 Å². The van der Waals surface area contributed by atoms with Gasteiger partial charge in [-0.3, -0.25) is 4.79 Å². The molecule has 1 N–H and O–H groups in total. The van der Waals surface area contributed by atoms with E-state index in [0.717, 1.165) is 4.90 Å². The summed E-state index contributed by atoms with van der Waals surface area (Å²) in [5.41, 5.74) is 0.929. The molecule has 1 aliphatic heterocycles. The molecule has 1 fully saturated rings. The van der Waals surface area contributed by atoms with Crippen LogP contribution >= 0.6 is 11.8 Å². The maximum Gasteiger partial charge on any atom is 1.00 e. The monoisotopic (exact) mass is 612 g/mol. The van der Waals surface area contributed by atoms with Crippen LogP contribution in [-0.2, 0) is 17.0 Å². The molecule has 14 heteroatoms. The molecule has 0 bridgehead atoms. The van der Waals surface area contributed by atoms with E-state index in [4.69, 9.17) is 5.11 Å². The number of carbonyl (C=O) groups is 1. The predicted molar refractivity (Wildman–Crippen MR) is 137 cm³/mol. The van der Waals surface area contributed by atoms with E-state index in [9.17, 15) is 31.9 Å². The predicted octanol–water partition coefficient (Wildman–Crippen LogP) is 2.31. The molecular weight excluding hydrogens is 582 g/mol. The van der Waals surface area contributed by atoms with Crippen LogP contribution in [0.5, 0.6) is 0 Å². The van der Waals surface area contributed by atoms with E-state index < -0.39 is 48.7 Å². The molecule has 1 saturated heterocycles. The van der Waals surface area contributed by atoms with Crippen LogP contribution in [0, 0.1) is 5.82 Å². The van der Waals surface area contributed by atoms with E-state index in [1.54, 1.807) is 25.3 Å². The van der Waals surface area contributed by atoms with E-state index in [-0.39, 0.29) is 79.4 Å². The molecule has 40 heavy (non-hydrogen) atoms. The standard InChI is InChI=1S/C22H21F5N4O2S.C4H9O.K/c1-12(2)31-8-17(30-10-21(24,25)22(26,27)11-30)19-16(31)7-28-20(29-19)34-9-13-3-4-15(23)14(5-13)6-18(32)33;1-4(2,3)5;/h3-5,7-8,12H,6,9-11H2,1-2H3,(H,32,33);1-3H3;/q;-1;+1. The Morgan fingerprint density at radius 3 is 2.27 bits per heavy atom. The summed E-state index contributed by atoms with van der Waals surface area (Å²) in [5, 5.41) is 19.3. The largest absolute Gasteiger partial charge is 1.00 e. The summed E-state index contributed by atoms with van der Waals surface area (Å²) < 4.78 is 71.0. The van der Waals surface area contributed by atoms with E-state index in [0.29, 0.717) is 16.8 Å². The Bertz CT molecular complexity index is 1330. The number of nitrogens with zero attached hydrogens (tertiary/aromatic N) is 4. The first-order valence-electron chi connectivity index (χ1n) is 12.1. The molecule has 0 atom stereocenters. The molecule has 4 rings (SSSR count). The smallest absolute Gasteiger partial charge is 0.850 e. The van der Waals surface area contributed by atoms with Gasteiger partial charge in [0.15, 0.2) is 5.16 Å². The van der Waals surface area contributed by atoms with Crippen molar-refractivity contribution in [3.63, 3.8) is 0 Å². The zero-order valence-corrected chi connectivity index (χ0v) is 27.1. The number of rotatable bonds is 7. The number of carboxylic acids is 1. The van der Waals surface area contributed by atoms with Crippen molar-refractivity contribution in [2.24, 2.45) is 0 Å². The van der Waals surface area contributed by atoms with Gasteiger partial charge in [-0.2, -0.15) is 17.6 Å². The van der Waals surface area contributed by atoms with Crippen LogP contribution in [0.15, 0.2) is 35.7 Å². The number of hydrogen-bond donors (Lipinski definition) is 1. The number of hydrogen-bond acceptors (Lipinski definition) is 6. The van der Waals surface area contributed by atoms with Gasteiger partial charge in [-0.05, 0) is 31.0 Å². The molecule has 1 aliphatic rings. The first-order valence-corrected chi connectivity index (χ1v) is 13.1. The SMILES string of the molecule is CC(C)(C)[O-].CC(C)n1cc(N2CC(F)(F)C(F)(F)C2)c2nc(SCc3ccc(F)c(CC(=O)O)c3)ncc21.[K+]. The van der Waals surface area contributed by atoms with Crippen molar-refractivity contribution in [2.75, 3.05) is 18.0 Å². The zero-order chi connectivity index (χ0) is 29.3. The molecule has 0 amide bonds. The number of thioether (sulfide) groups is 1. The molecule has 0 aliphatic carbocycles. The van der Waals surface area contributed by atoms with E-state index in [1.807, 2.05) is 13.8 Å². The third-order valence-corrected chi connectivity index (χ3v) is 6.49. The van der Waals surface area contributed by atoms with Crippen molar-refractivity contribution in [3.05, 3.63) is 47.5 Å². The Morgan fingerprint density at radius 1 is 1.18 bits per heavy atom. The summed E-state index contributed by atoms with van der Waals surface area (Å²) in [5.74, 6) is -9.79. The molecule has 2 aromatic heterocycles. The van der Waals surface area contributed by atoms with Crippen molar-refractivity contribution in [2.45, 2.75) is 75.4 Å². The summed E-state index contributed by atoms with van der Waals surface area (Å²) in [6.45, 7) is 6.38. The fraction of sp³-hybridized carbons (Fsp3) is 0.500. The Morgan fingerprint density at radius 2 is 1.75 bits per heavy atom. The molecule has 0 radical (unpaired) electrons. The number of alkyl halides is 4. The number of aliphatic carboxylic acids is 1. The normalized spacial score (nSPS) is 16.1. The minimum absolute atomic E-state index is 0. The third kappa shape index (κ3) is 8.85. The molecule has 0 spiro atoms. The van der Waals surface area contributed by atoms with Gasteiger partial charge in [0.25, 0.3) is 0 Å². The van der Waals surface area contributed by atoms with Gasteiger partial charge in [-0.1, -0.05) is 44.7 Å². The van der Waals surface area contributed by atoms with Gasteiger partial charge in [-0.15, -0.1) is 5.60 Å². The van der Waals surface area contributed by atoms with Gasteiger partial charge in [0.1, 0.15) is 11.3 Å². The van der Waals surface area contributed by atoms with Gasteiger partial charge in [0.2, 0.25) is 0 Å². The van der Waals surface area contributed by atoms with Crippen LogP contribution < -0.4 is 61.4 Å². The Hall–Kier alpha value is -1.29. The molecular formula is C26H30F5KN4O3S.